The van der Waals surface area contributed by atoms with Gasteiger partial charge in [0.25, 0.3) is 5.91 Å². The van der Waals surface area contributed by atoms with E-state index >= 15 is 0 Å². The molecule has 0 radical (unpaired) electrons. The van der Waals surface area contributed by atoms with E-state index in [4.69, 9.17) is 0 Å². The molecule has 2 aliphatic heterocycles. The number of aromatic nitrogens is 2. The molecular weight excluding hydrogens is 286 g/mol. The lowest BCUT2D eigenvalue weighted by atomic mass is 9.86. The number of benzene rings is 1. The van der Waals surface area contributed by atoms with Gasteiger partial charge in [0.2, 0.25) is 0 Å². The van der Waals surface area contributed by atoms with Crippen LogP contribution in [0.4, 0.5) is 0 Å². The number of carbonyl (C=O) groups is 1. The molecule has 114 valence electrons. The number of nitrogens with zero attached hydrogens (tertiary/aromatic N) is 2. The van der Waals surface area contributed by atoms with Gasteiger partial charge >= 0.3 is 0 Å². The molecule has 3 aromatic rings. The summed E-state index contributed by atoms with van der Waals surface area (Å²) < 4.78 is 0. The highest BCUT2D eigenvalue weighted by Crippen LogP contribution is 2.40. The molecule has 0 fully saturated rings. The van der Waals surface area contributed by atoms with Crippen molar-refractivity contribution < 1.29 is 4.79 Å². The van der Waals surface area contributed by atoms with Crippen LogP contribution in [0.15, 0.2) is 36.7 Å². The molecule has 2 aromatic heterocycles. The third-order valence-corrected chi connectivity index (χ3v) is 5.32. The molecule has 23 heavy (non-hydrogen) atoms. The van der Waals surface area contributed by atoms with Crippen molar-refractivity contribution in [2.75, 3.05) is 6.54 Å². The highest BCUT2D eigenvalue weighted by Gasteiger charge is 2.38. The van der Waals surface area contributed by atoms with Gasteiger partial charge in [0.05, 0.1) is 11.6 Å². The summed E-state index contributed by atoms with van der Waals surface area (Å²) in [6.07, 6.45) is 5.36. The zero-order valence-electron chi connectivity index (χ0n) is 13.0. The summed E-state index contributed by atoms with van der Waals surface area (Å²) in [6.45, 7) is 2.83. The van der Waals surface area contributed by atoms with Gasteiger partial charge in [-0.1, -0.05) is 18.2 Å². The van der Waals surface area contributed by atoms with Gasteiger partial charge in [-0.15, -0.1) is 0 Å². The fraction of sp³-hybridized carbons (Fsp3) is 0.263. The van der Waals surface area contributed by atoms with Crippen LogP contribution in [0.2, 0.25) is 0 Å². The quantitative estimate of drug-likeness (QED) is 0.693. The number of nitrogens with one attached hydrogen (secondary N) is 1. The van der Waals surface area contributed by atoms with Gasteiger partial charge in [0, 0.05) is 35.5 Å². The van der Waals surface area contributed by atoms with Crippen molar-refractivity contribution in [2.24, 2.45) is 0 Å². The van der Waals surface area contributed by atoms with Crippen molar-refractivity contribution in [1.82, 2.24) is 14.9 Å². The van der Waals surface area contributed by atoms with Gasteiger partial charge in [-0.2, -0.15) is 0 Å². The molecule has 0 saturated carbocycles. The normalized spacial score (nSPS) is 19.4. The first-order chi connectivity index (χ1) is 11.2. The second kappa shape index (κ2) is 4.44. The summed E-state index contributed by atoms with van der Waals surface area (Å²) in [5, 5.41) is 1.30. The molecule has 0 spiro atoms. The third-order valence-electron chi connectivity index (χ3n) is 5.32. The van der Waals surface area contributed by atoms with E-state index in [1.165, 1.54) is 22.2 Å². The SMILES string of the molecule is Cc1cncc2c1CC1c3[nH]c4ccccc4c3CCN1C2=O. The number of hydrogen-bond acceptors (Lipinski definition) is 2. The number of para-hydroxylation sites is 1. The van der Waals surface area contributed by atoms with Crippen LogP contribution >= 0.6 is 0 Å². The molecule has 5 rings (SSSR count). The standard InChI is InChI=1S/C19H17N3O/c1-11-9-20-10-15-14(11)8-17-18-13(6-7-22(17)19(15)23)12-4-2-3-5-16(12)21-18/h2-5,9-10,17,21H,6-8H2,1H3. The minimum Gasteiger partial charge on any atom is -0.356 e. The van der Waals surface area contributed by atoms with Crippen molar-refractivity contribution in [2.45, 2.75) is 25.8 Å². The number of fused-ring (bicyclic) bond motifs is 6. The lowest BCUT2D eigenvalue weighted by molar-refractivity contribution is 0.0627. The molecule has 1 atom stereocenters. The van der Waals surface area contributed by atoms with E-state index in [1.54, 1.807) is 6.20 Å². The summed E-state index contributed by atoms with van der Waals surface area (Å²) in [5.41, 5.74) is 6.80. The number of aromatic amines is 1. The molecule has 1 unspecified atom stereocenters. The predicted molar refractivity (Wildman–Crippen MR) is 88.5 cm³/mol. The number of pyridine rings is 1. The van der Waals surface area contributed by atoms with Gasteiger partial charge in [-0.3, -0.25) is 9.78 Å². The number of carbonyl (C=O) groups excluding carboxylic acids is 1. The van der Waals surface area contributed by atoms with E-state index in [9.17, 15) is 4.79 Å². The van der Waals surface area contributed by atoms with E-state index in [2.05, 4.69) is 34.2 Å². The van der Waals surface area contributed by atoms with Crippen LogP contribution in [0.25, 0.3) is 10.9 Å². The van der Waals surface area contributed by atoms with E-state index < -0.39 is 0 Å². The van der Waals surface area contributed by atoms with Crippen LogP contribution < -0.4 is 0 Å². The maximum atomic E-state index is 12.9. The molecule has 4 heteroatoms. The minimum absolute atomic E-state index is 0.118. The first-order valence-electron chi connectivity index (χ1n) is 8.08. The minimum atomic E-state index is 0.118. The maximum Gasteiger partial charge on any atom is 0.256 e. The van der Waals surface area contributed by atoms with E-state index in [0.29, 0.717) is 0 Å². The van der Waals surface area contributed by atoms with Crippen molar-refractivity contribution in [3.05, 3.63) is 64.6 Å². The van der Waals surface area contributed by atoms with Crippen LogP contribution in [0.3, 0.4) is 0 Å². The van der Waals surface area contributed by atoms with Crippen LogP contribution in [-0.2, 0) is 12.8 Å². The lowest BCUT2D eigenvalue weighted by Crippen LogP contribution is -2.44. The Hall–Kier alpha value is -2.62. The Labute approximate surface area is 134 Å². The maximum absolute atomic E-state index is 12.9. The average molecular weight is 303 g/mol. The second-order valence-corrected chi connectivity index (χ2v) is 6.51. The highest BCUT2D eigenvalue weighted by molar-refractivity contribution is 5.98. The summed E-state index contributed by atoms with van der Waals surface area (Å²) in [4.78, 5) is 22.7. The van der Waals surface area contributed by atoms with Gasteiger partial charge < -0.3 is 9.88 Å². The van der Waals surface area contributed by atoms with E-state index in [-0.39, 0.29) is 11.9 Å². The number of amides is 1. The Morgan fingerprint density at radius 1 is 1.22 bits per heavy atom. The smallest absolute Gasteiger partial charge is 0.256 e. The molecule has 2 aliphatic rings. The van der Waals surface area contributed by atoms with Crippen molar-refractivity contribution in [1.29, 1.82) is 0 Å². The Morgan fingerprint density at radius 3 is 3.00 bits per heavy atom. The summed E-state index contributed by atoms with van der Waals surface area (Å²) in [5.74, 6) is 0.122. The van der Waals surface area contributed by atoms with E-state index in [0.717, 1.165) is 36.1 Å². The molecule has 4 heterocycles. The number of H-pyrrole nitrogens is 1. The van der Waals surface area contributed by atoms with Crippen molar-refractivity contribution in [3.63, 3.8) is 0 Å². The molecule has 0 aliphatic carbocycles. The van der Waals surface area contributed by atoms with Gasteiger partial charge in [-0.05, 0) is 42.5 Å². The molecule has 4 nitrogen and oxygen atoms in total. The molecular formula is C19H17N3O. The lowest BCUT2D eigenvalue weighted by Gasteiger charge is -2.40. The molecule has 1 N–H and O–H groups in total. The zero-order valence-corrected chi connectivity index (χ0v) is 13.0. The number of hydrogen-bond donors (Lipinski definition) is 1. The van der Waals surface area contributed by atoms with Crippen LogP contribution in [0, 0.1) is 6.92 Å². The Morgan fingerprint density at radius 2 is 2.09 bits per heavy atom. The summed E-state index contributed by atoms with van der Waals surface area (Å²) in [6, 6.07) is 8.55. The second-order valence-electron chi connectivity index (χ2n) is 6.51. The fourth-order valence-electron chi connectivity index (χ4n) is 4.17. The number of rotatable bonds is 0. The molecule has 1 aromatic carbocycles. The number of aryl methyl sites for hydroxylation is 1. The zero-order chi connectivity index (χ0) is 15.6. The van der Waals surface area contributed by atoms with Gasteiger partial charge in [-0.25, -0.2) is 0 Å². The highest BCUT2D eigenvalue weighted by atomic mass is 16.2. The Bertz CT molecular complexity index is 956. The Balaban J connectivity index is 1.71. The predicted octanol–water partition coefficient (Wildman–Crippen LogP) is 3.17. The van der Waals surface area contributed by atoms with Gasteiger partial charge in [0.1, 0.15) is 0 Å². The third kappa shape index (κ3) is 1.66. The Kier molecular flexibility index (Phi) is 2.49. The first-order valence-corrected chi connectivity index (χ1v) is 8.08. The largest absolute Gasteiger partial charge is 0.356 e. The monoisotopic (exact) mass is 303 g/mol. The van der Waals surface area contributed by atoms with Gasteiger partial charge in [0.15, 0.2) is 0 Å². The van der Waals surface area contributed by atoms with Crippen LogP contribution in [-0.4, -0.2) is 27.3 Å². The topological polar surface area (TPSA) is 49.0 Å². The van der Waals surface area contributed by atoms with Crippen molar-refractivity contribution in [3.8, 4) is 0 Å². The fourth-order valence-corrected chi connectivity index (χ4v) is 4.17. The summed E-state index contributed by atoms with van der Waals surface area (Å²) in [7, 11) is 0. The van der Waals surface area contributed by atoms with Crippen LogP contribution in [0.1, 0.15) is 38.8 Å². The average Bonchev–Trinajstić information content (AvgIpc) is 2.95. The molecule has 0 saturated heterocycles. The molecule has 1 amide bonds. The summed E-state index contributed by atoms with van der Waals surface area (Å²) >= 11 is 0. The van der Waals surface area contributed by atoms with Crippen molar-refractivity contribution >= 4 is 16.8 Å². The first kappa shape index (κ1) is 12.9. The molecule has 0 bridgehead atoms. The van der Waals surface area contributed by atoms with E-state index in [1.807, 2.05) is 18.0 Å². The van der Waals surface area contributed by atoms with Crippen LogP contribution in [0.5, 0.6) is 0 Å².